The van der Waals surface area contributed by atoms with Crippen LogP contribution in [-0.4, -0.2) is 32.5 Å². The summed E-state index contributed by atoms with van der Waals surface area (Å²) < 4.78 is 0. The van der Waals surface area contributed by atoms with Gasteiger partial charge in [-0.3, -0.25) is 9.89 Å². The number of aryl methyl sites for hydroxylation is 1. The largest absolute Gasteiger partial charge is 0.334 e. The fourth-order valence-electron chi connectivity index (χ4n) is 2.98. The highest BCUT2D eigenvalue weighted by molar-refractivity contribution is 5.77. The molecule has 21 heavy (non-hydrogen) atoms. The molecule has 110 valence electrons. The van der Waals surface area contributed by atoms with Crippen LogP contribution in [0.3, 0.4) is 0 Å². The SMILES string of the molecule is Cc1nc(CN2CC(C)(c3ccccc3)CCC2=O)n[nH]1. The molecule has 1 aromatic heterocycles. The molecular weight excluding hydrogens is 264 g/mol. The van der Waals surface area contributed by atoms with Crippen molar-refractivity contribution in [2.24, 2.45) is 0 Å². The number of nitrogens with one attached hydrogen (secondary N) is 1. The average molecular weight is 284 g/mol. The first-order chi connectivity index (χ1) is 10.1. The molecule has 0 radical (unpaired) electrons. The lowest BCUT2D eigenvalue weighted by Crippen LogP contribution is -2.47. The van der Waals surface area contributed by atoms with Crippen LogP contribution in [0.4, 0.5) is 0 Å². The van der Waals surface area contributed by atoms with Gasteiger partial charge >= 0.3 is 0 Å². The normalized spacial score (nSPS) is 22.6. The number of amides is 1. The van der Waals surface area contributed by atoms with E-state index in [0.29, 0.717) is 25.3 Å². The third-order valence-corrected chi connectivity index (χ3v) is 4.23. The summed E-state index contributed by atoms with van der Waals surface area (Å²) in [6.45, 7) is 5.28. The lowest BCUT2D eigenvalue weighted by Gasteiger charge is -2.40. The fourth-order valence-corrected chi connectivity index (χ4v) is 2.98. The molecular formula is C16H20N4O. The maximum absolute atomic E-state index is 12.2. The van der Waals surface area contributed by atoms with E-state index >= 15 is 0 Å². The minimum atomic E-state index is 0.000518. The van der Waals surface area contributed by atoms with Gasteiger partial charge in [-0.05, 0) is 18.9 Å². The molecule has 2 heterocycles. The predicted molar refractivity (Wildman–Crippen MR) is 79.6 cm³/mol. The van der Waals surface area contributed by atoms with Crippen LogP contribution in [0.2, 0.25) is 0 Å². The summed E-state index contributed by atoms with van der Waals surface area (Å²) in [6, 6.07) is 10.4. The van der Waals surface area contributed by atoms with Crippen LogP contribution in [0.5, 0.6) is 0 Å². The van der Waals surface area contributed by atoms with E-state index in [0.717, 1.165) is 12.2 Å². The Balaban J connectivity index is 1.80. The summed E-state index contributed by atoms with van der Waals surface area (Å²) in [6.07, 6.45) is 1.47. The van der Waals surface area contributed by atoms with Gasteiger partial charge in [0.2, 0.25) is 5.91 Å². The van der Waals surface area contributed by atoms with Crippen molar-refractivity contribution in [1.29, 1.82) is 0 Å². The molecule has 1 aliphatic heterocycles. The van der Waals surface area contributed by atoms with Gasteiger partial charge in [-0.25, -0.2) is 4.98 Å². The van der Waals surface area contributed by atoms with E-state index in [4.69, 9.17) is 0 Å². The van der Waals surface area contributed by atoms with E-state index in [9.17, 15) is 4.79 Å². The number of nitrogens with zero attached hydrogens (tertiary/aromatic N) is 3. The highest BCUT2D eigenvalue weighted by Crippen LogP contribution is 2.34. The minimum Gasteiger partial charge on any atom is -0.334 e. The van der Waals surface area contributed by atoms with Crippen molar-refractivity contribution in [3.05, 3.63) is 47.5 Å². The van der Waals surface area contributed by atoms with Gasteiger partial charge in [-0.2, -0.15) is 5.10 Å². The van der Waals surface area contributed by atoms with Gasteiger partial charge in [-0.1, -0.05) is 37.3 Å². The highest BCUT2D eigenvalue weighted by Gasteiger charge is 2.36. The zero-order valence-corrected chi connectivity index (χ0v) is 12.5. The third-order valence-electron chi connectivity index (χ3n) is 4.23. The van der Waals surface area contributed by atoms with Crippen molar-refractivity contribution in [2.75, 3.05) is 6.54 Å². The number of hydrogen-bond donors (Lipinski definition) is 1. The molecule has 1 atom stereocenters. The number of carbonyl (C=O) groups is 1. The quantitative estimate of drug-likeness (QED) is 0.939. The number of aromatic nitrogens is 3. The molecule has 1 unspecified atom stereocenters. The van der Waals surface area contributed by atoms with Crippen molar-refractivity contribution >= 4 is 5.91 Å². The smallest absolute Gasteiger partial charge is 0.223 e. The molecule has 0 spiro atoms. The van der Waals surface area contributed by atoms with E-state index in [2.05, 4.69) is 46.4 Å². The predicted octanol–water partition coefficient (Wildman–Crippen LogP) is 2.19. The Labute approximate surface area is 124 Å². The molecule has 3 rings (SSSR count). The summed E-state index contributed by atoms with van der Waals surface area (Å²) in [7, 11) is 0. The maximum Gasteiger partial charge on any atom is 0.223 e. The van der Waals surface area contributed by atoms with Crippen molar-refractivity contribution in [3.63, 3.8) is 0 Å². The zero-order valence-electron chi connectivity index (χ0n) is 12.5. The number of benzene rings is 1. The monoisotopic (exact) mass is 284 g/mol. The molecule has 2 aromatic rings. The first-order valence-electron chi connectivity index (χ1n) is 7.28. The van der Waals surface area contributed by atoms with E-state index in [-0.39, 0.29) is 11.3 Å². The van der Waals surface area contributed by atoms with E-state index in [1.165, 1.54) is 5.56 Å². The molecule has 1 N–H and O–H groups in total. The molecule has 1 aliphatic rings. The van der Waals surface area contributed by atoms with Crippen molar-refractivity contribution in [1.82, 2.24) is 20.1 Å². The standard InChI is InChI=1S/C16H20N4O/c1-12-17-14(19-18-12)10-20-11-16(2,9-8-15(20)21)13-6-4-3-5-7-13/h3-7H,8-11H2,1-2H3,(H,17,18,19). The number of rotatable bonds is 3. The Hall–Kier alpha value is -2.17. The Morgan fingerprint density at radius 1 is 1.33 bits per heavy atom. The number of piperidine rings is 1. The van der Waals surface area contributed by atoms with Crippen LogP contribution in [-0.2, 0) is 16.8 Å². The lowest BCUT2D eigenvalue weighted by atomic mass is 9.76. The Morgan fingerprint density at radius 3 is 2.76 bits per heavy atom. The van der Waals surface area contributed by atoms with Gasteiger partial charge in [0, 0.05) is 18.4 Å². The first kappa shape index (κ1) is 13.8. The highest BCUT2D eigenvalue weighted by atomic mass is 16.2. The van der Waals surface area contributed by atoms with E-state index in [1.807, 2.05) is 17.9 Å². The van der Waals surface area contributed by atoms with Crippen molar-refractivity contribution in [3.8, 4) is 0 Å². The van der Waals surface area contributed by atoms with Crippen LogP contribution in [0, 0.1) is 6.92 Å². The number of likely N-dealkylation sites (tertiary alicyclic amines) is 1. The maximum atomic E-state index is 12.2. The fraction of sp³-hybridized carbons (Fsp3) is 0.438. The van der Waals surface area contributed by atoms with Gasteiger partial charge in [0.1, 0.15) is 5.82 Å². The number of aromatic amines is 1. The molecule has 0 saturated carbocycles. The lowest BCUT2D eigenvalue weighted by molar-refractivity contribution is -0.136. The van der Waals surface area contributed by atoms with Crippen molar-refractivity contribution in [2.45, 2.75) is 38.6 Å². The van der Waals surface area contributed by atoms with Gasteiger partial charge in [0.25, 0.3) is 0 Å². The van der Waals surface area contributed by atoms with E-state index in [1.54, 1.807) is 0 Å². The summed E-state index contributed by atoms with van der Waals surface area (Å²) in [5.41, 5.74) is 1.29. The van der Waals surface area contributed by atoms with E-state index < -0.39 is 0 Å². The van der Waals surface area contributed by atoms with Gasteiger partial charge in [0.15, 0.2) is 5.82 Å². The summed E-state index contributed by atoms with van der Waals surface area (Å²) in [5.74, 6) is 1.64. The summed E-state index contributed by atoms with van der Waals surface area (Å²) in [5, 5.41) is 6.96. The number of carbonyl (C=O) groups excluding carboxylic acids is 1. The third kappa shape index (κ3) is 2.82. The second kappa shape index (κ2) is 5.31. The molecule has 1 amide bonds. The van der Waals surface area contributed by atoms with Crippen LogP contribution in [0.1, 0.15) is 37.0 Å². The summed E-state index contributed by atoms with van der Waals surface area (Å²) >= 11 is 0. The van der Waals surface area contributed by atoms with Crippen LogP contribution < -0.4 is 0 Å². The minimum absolute atomic E-state index is 0.000518. The first-order valence-corrected chi connectivity index (χ1v) is 7.28. The number of hydrogen-bond acceptors (Lipinski definition) is 3. The Kier molecular flexibility index (Phi) is 3.49. The Bertz CT molecular complexity index is 637. The molecule has 1 aromatic carbocycles. The Morgan fingerprint density at radius 2 is 2.10 bits per heavy atom. The second-order valence-electron chi connectivity index (χ2n) is 6.01. The van der Waals surface area contributed by atoms with Gasteiger partial charge in [-0.15, -0.1) is 0 Å². The average Bonchev–Trinajstić information content (AvgIpc) is 2.89. The topological polar surface area (TPSA) is 61.9 Å². The molecule has 0 aliphatic carbocycles. The molecule has 5 nitrogen and oxygen atoms in total. The van der Waals surface area contributed by atoms with Gasteiger partial charge in [0.05, 0.1) is 6.54 Å². The van der Waals surface area contributed by atoms with Crippen LogP contribution >= 0.6 is 0 Å². The molecule has 5 heteroatoms. The van der Waals surface area contributed by atoms with Crippen molar-refractivity contribution < 1.29 is 4.79 Å². The van der Waals surface area contributed by atoms with Crippen LogP contribution in [0.25, 0.3) is 0 Å². The molecule has 1 fully saturated rings. The number of H-pyrrole nitrogens is 1. The molecule has 1 saturated heterocycles. The second-order valence-corrected chi connectivity index (χ2v) is 6.01. The molecule has 0 bridgehead atoms. The van der Waals surface area contributed by atoms with Gasteiger partial charge < -0.3 is 4.90 Å². The van der Waals surface area contributed by atoms with Crippen LogP contribution in [0.15, 0.2) is 30.3 Å². The zero-order chi connectivity index (χ0) is 14.9. The summed E-state index contributed by atoms with van der Waals surface area (Å²) in [4.78, 5) is 18.4.